The Hall–Kier alpha value is -5.35. The Labute approximate surface area is 218 Å². The van der Waals surface area contributed by atoms with E-state index in [4.69, 9.17) is 4.74 Å². The summed E-state index contributed by atoms with van der Waals surface area (Å²) in [7, 11) is 0. The minimum atomic E-state index is -1.65. The molecule has 0 saturated heterocycles. The van der Waals surface area contributed by atoms with Crippen LogP contribution in [0.25, 0.3) is 11.1 Å². The number of anilines is 1. The van der Waals surface area contributed by atoms with E-state index in [1.807, 2.05) is 36.4 Å². The van der Waals surface area contributed by atoms with Gasteiger partial charge in [-0.3, -0.25) is 14.4 Å². The molecule has 1 aliphatic heterocycles. The first-order chi connectivity index (χ1) is 18.5. The molecule has 0 spiro atoms. The van der Waals surface area contributed by atoms with Crippen LogP contribution in [0.5, 0.6) is 0 Å². The second-order valence-corrected chi connectivity index (χ2v) is 8.64. The highest BCUT2D eigenvalue weighted by Gasteiger charge is 2.46. The van der Waals surface area contributed by atoms with Crippen molar-refractivity contribution < 1.29 is 23.9 Å². The van der Waals surface area contributed by atoms with E-state index in [1.165, 1.54) is 12.1 Å². The van der Waals surface area contributed by atoms with Crippen molar-refractivity contribution in [2.75, 3.05) is 5.32 Å². The van der Waals surface area contributed by atoms with E-state index in [2.05, 4.69) is 5.32 Å². The first-order valence-corrected chi connectivity index (χ1v) is 11.8. The number of hydrogen-bond donors (Lipinski definition) is 1. The number of cyclic esters (lactones) is 1. The molecular formula is C31H20N2O5. The summed E-state index contributed by atoms with van der Waals surface area (Å²) < 4.78 is 5.54. The fourth-order valence-corrected chi connectivity index (χ4v) is 4.56. The number of nitrogens with zero attached hydrogens (tertiary/aromatic N) is 1. The molecule has 2 atom stereocenters. The Morgan fingerprint density at radius 1 is 0.789 bits per heavy atom. The van der Waals surface area contributed by atoms with Gasteiger partial charge in [-0.15, -0.1) is 0 Å². The lowest BCUT2D eigenvalue weighted by atomic mass is 9.82. The van der Waals surface area contributed by atoms with Gasteiger partial charge in [-0.25, -0.2) is 4.79 Å². The first kappa shape index (κ1) is 24.3. The van der Waals surface area contributed by atoms with Gasteiger partial charge in [-0.2, -0.15) is 5.26 Å². The topological polar surface area (TPSA) is 113 Å². The summed E-state index contributed by atoms with van der Waals surface area (Å²) in [6.07, 6.45) is -1.29. The van der Waals surface area contributed by atoms with Crippen LogP contribution in [0.1, 0.15) is 37.9 Å². The zero-order valence-corrected chi connectivity index (χ0v) is 20.0. The molecule has 7 nitrogen and oxygen atoms in total. The molecule has 1 N–H and O–H groups in total. The number of benzene rings is 4. The molecule has 0 radical (unpaired) electrons. The van der Waals surface area contributed by atoms with Crippen LogP contribution in [0.3, 0.4) is 0 Å². The summed E-state index contributed by atoms with van der Waals surface area (Å²) in [5, 5.41) is 11.8. The van der Waals surface area contributed by atoms with E-state index < -0.39 is 35.5 Å². The maximum absolute atomic E-state index is 14.1. The Bertz CT molecular complexity index is 1620. The number of para-hydroxylation sites is 1. The van der Waals surface area contributed by atoms with Crippen LogP contribution in [-0.4, -0.2) is 23.4 Å². The minimum absolute atomic E-state index is 0.132. The smallest absolute Gasteiger partial charge is 0.339 e. The zero-order valence-electron chi connectivity index (χ0n) is 20.0. The fourth-order valence-electron chi connectivity index (χ4n) is 4.56. The lowest BCUT2D eigenvalue weighted by molar-refractivity contribution is -0.138. The molecule has 0 fully saturated rings. The third-order valence-corrected chi connectivity index (χ3v) is 6.39. The maximum Gasteiger partial charge on any atom is 0.339 e. The first-order valence-electron chi connectivity index (χ1n) is 11.8. The van der Waals surface area contributed by atoms with Crippen LogP contribution >= 0.6 is 0 Å². The SMILES string of the molecule is N#Cc1ccccc1NC(=O)C(=O)[C@H](C(=O)c1ccccc1-c1ccccc1)[C@@H]1OC(=O)c2ccccc21. The van der Waals surface area contributed by atoms with E-state index in [0.717, 1.165) is 5.56 Å². The van der Waals surface area contributed by atoms with Crippen LogP contribution in [-0.2, 0) is 14.3 Å². The summed E-state index contributed by atoms with van der Waals surface area (Å²) in [6, 6.07) is 30.6. The van der Waals surface area contributed by atoms with Crippen molar-refractivity contribution in [1.82, 2.24) is 0 Å². The fraction of sp³-hybridized carbons (Fsp3) is 0.0645. The van der Waals surface area contributed by atoms with Crippen molar-refractivity contribution in [3.8, 4) is 17.2 Å². The lowest BCUT2D eigenvalue weighted by Gasteiger charge is -2.22. The monoisotopic (exact) mass is 500 g/mol. The number of amides is 1. The molecule has 5 rings (SSSR count). The molecule has 38 heavy (non-hydrogen) atoms. The van der Waals surface area contributed by atoms with Crippen LogP contribution < -0.4 is 5.32 Å². The van der Waals surface area contributed by atoms with Gasteiger partial charge in [0.05, 0.1) is 16.8 Å². The van der Waals surface area contributed by atoms with Crippen molar-refractivity contribution in [3.63, 3.8) is 0 Å². The number of ketones is 2. The van der Waals surface area contributed by atoms with Gasteiger partial charge in [-0.05, 0) is 29.3 Å². The Morgan fingerprint density at radius 3 is 2.18 bits per heavy atom. The standard InChI is InChI=1S/C31H20N2O5/c32-18-20-12-4-9-17-25(20)33-30(36)28(35)26(29-23-15-7-8-16-24(23)31(37)38-29)27(34)22-14-6-5-13-21(22)19-10-2-1-3-11-19/h1-17,26,29H,(H,33,36)/t26-,29+/m0/s1. The molecule has 1 amide bonds. The lowest BCUT2D eigenvalue weighted by Crippen LogP contribution is -2.38. The van der Waals surface area contributed by atoms with Gasteiger partial charge in [0.2, 0.25) is 5.78 Å². The molecule has 184 valence electrons. The highest BCUT2D eigenvalue weighted by molar-refractivity contribution is 6.45. The average molecular weight is 501 g/mol. The molecule has 4 aromatic rings. The highest BCUT2D eigenvalue weighted by Crippen LogP contribution is 2.39. The van der Waals surface area contributed by atoms with Crippen LogP contribution in [0.2, 0.25) is 0 Å². The van der Waals surface area contributed by atoms with Gasteiger partial charge in [0.25, 0.3) is 5.91 Å². The molecular weight excluding hydrogens is 480 g/mol. The average Bonchev–Trinajstić information content (AvgIpc) is 3.29. The quantitative estimate of drug-likeness (QED) is 0.163. The number of carbonyl (C=O) groups excluding carboxylic acids is 4. The van der Waals surface area contributed by atoms with Crippen molar-refractivity contribution in [1.29, 1.82) is 5.26 Å². The number of Topliss-reactive ketones (excluding diaryl/α,β-unsaturated/α-hetero) is 2. The van der Waals surface area contributed by atoms with Crippen molar-refractivity contribution in [3.05, 3.63) is 125 Å². The van der Waals surface area contributed by atoms with Crippen molar-refractivity contribution in [2.24, 2.45) is 5.92 Å². The van der Waals surface area contributed by atoms with Crippen molar-refractivity contribution in [2.45, 2.75) is 6.10 Å². The molecule has 0 bridgehead atoms. The molecule has 1 heterocycles. The van der Waals surface area contributed by atoms with Crippen LogP contribution in [0.15, 0.2) is 103 Å². The molecule has 0 aliphatic carbocycles. The maximum atomic E-state index is 14.1. The molecule has 0 saturated carbocycles. The van der Waals surface area contributed by atoms with E-state index in [1.54, 1.807) is 60.7 Å². The van der Waals surface area contributed by atoms with E-state index >= 15 is 0 Å². The highest BCUT2D eigenvalue weighted by atomic mass is 16.5. The number of esters is 1. The number of fused-ring (bicyclic) bond motifs is 1. The number of ether oxygens (including phenoxy) is 1. The van der Waals surface area contributed by atoms with Crippen LogP contribution in [0.4, 0.5) is 5.69 Å². The van der Waals surface area contributed by atoms with Gasteiger partial charge in [0, 0.05) is 11.1 Å². The van der Waals surface area contributed by atoms with Crippen molar-refractivity contribution >= 4 is 29.1 Å². The third-order valence-electron chi connectivity index (χ3n) is 6.39. The summed E-state index contributed by atoms with van der Waals surface area (Å²) in [4.78, 5) is 53.6. The molecule has 7 heteroatoms. The van der Waals surface area contributed by atoms with E-state index in [9.17, 15) is 24.4 Å². The number of nitrogens with one attached hydrogen (secondary N) is 1. The second-order valence-electron chi connectivity index (χ2n) is 8.64. The summed E-state index contributed by atoms with van der Waals surface area (Å²) in [6.45, 7) is 0. The Balaban J connectivity index is 1.59. The Kier molecular flexibility index (Phi) is 6.62. The van der Waals surface area contributed by atoms with E-state index in [0.29, 0.717) is 11.1 Å². The number of hydrogen-bond acceptors (Lipinski definition) is 6. The predicted octanol–water partition coefficient (Wildman–Crippen LogP) is 5.14. The minimum Gasteiger partial charge on any atom is -0.453 e. The molecule has 1 aliphatic rings. The zero-order chi connectivity index (χ0) is 26.6. The largest absolute Gasteiger partial charge is 0.453 e. The third kappa shape index (κ3) is 4.47. The number of rotatable bonds is 7. The summed E-state index contributed by atoms with van der Waals surface area (Å²) in [5.74, 6) is -5.17. The van der Waals surface area contributed by atoms with Gasteiger partial charge in [0.15, 0.2) is 5.78 Å². The summed E-state index contributed by atoms with van der Waals surface area (Å²) in [5.41, 5.74) is 2.41. The normalized spacial score (nSPS) is 14.5. The van der Waals surface area contributed by atoms with Gasteiger partial charge >= 0.3 is 5.97 Å². The predicted molar refractivity (Wildman–Crippen MR) is 139 cm³/mol. The second kappa shape index (κ2) is 10.3. The van der Waals surface area contributed by atoms with Gasteiger partial charge in [0.1, 0.15) is 18.1 Å². The number of nitriles is 1. The molecule has 0 aromatic heterocycles. The summed E-state index contributed by atoms with van der Waals surface area (Å²) >= 11 is 0. The van der Waals surface area contributed by atoms with Gasteiger partial charge < -0.3 is 10.1 Å². The van der Waals surface area contributed by atoms with Gasteiger partial charge in [-0.1, -0.05) is 84.9 Å². The van der Waals surface area contributed by atoms with Crippen LogP contribution in [0, 0.1) is 17.2 Å². The van der Waals surface area contributed by atoms with E-state index in [-0.39, 0.29) is 22.4 Å². The number of carbonyl (C=O) groups is 4. The Morgan fingerprint density at radius 2 is 1.42 bits per heavy atom. The molecule has 0 unspecified atom stereocenters. The molecule has 4 aromatic carbocycles.